The summed E-state index contributed by atoms with van der Waals surface area (Å²) >= 11 is 0. The smallest absolute Gasteiger partial charge is 0.0658 e. The Morgan fingerprint density at radius 2 is 1.19 bits per heavy atom. The van der Waals surface area contributed by atoms with Crippen LogP contribution in [0.25, 0.3) is 46.4 Å². The summed E-state index contributed by atoms with van der Waals surface area (Å²) in [4.78, 5) is 16.3. The van der Waals surface area contributed by atoms with Crippen LogP contribution in [0.4, 0.5) is 0 Å². The third-order valence-corrected chi connectivity index (χ3v) is 4.64. The fourth-order valence-electron chi connectivity index (χ4n) is 3.37. The van der Waals surface area contributed by atoms with Gasteiger partial charge in [0.15, 0.2) is 0 Å². The fraction of sp³-hybridized carbons (Fsp3) is 0.0909. The summed E-state index contributed by atoms with van der Waals surface area (Å²) < 4.78 is 0. The van der Waals surface area contributed by atoms with Gasteiger partial charge in [0.25, 0.3) is 0 Å². The van der Waals surface area contributed by atoms with E-state index in [1.807, 2.05) is 24.3 Å². The third kappa shape index (κ3) is 3.57. The number of aromatic nitrogens is 4. The molecule has 0 spiro atoms. The van der Waals surface area contributed by atoms with E-state index in [9.17, 15) is 0 Å². The van der Waals surface area contributed by atoms with Crippen molar-refractivity contribution >= 4 is 46.4 Å². The molecule has 136 valence electrons. The van der Waals surface area contributed by atoms with Crippen molar-refractivity contribution in [2.24, 2.45) is 0 Å². The third-order valence-electron chi connectivity index (χ3n) is 4.64. The van der Waals surface area contributed by atoms with E-state index in [0.29, 0.717) is 0 Å². The maximum atomic E-state index is 4.71. The van der Waals surface area contributed by atoms with Crippen LogP contribution in [0.1, 0.15) is 35.3 Å². The average molecular weight is 445 g/mol. The van der Waals surface area contributed by atoms with Crippen LogP contribution < -0.4 is 0 Å². The van der Waals surface area contributed by atoms with Crippen molar-refractivity contribution in [1.82, 2.24) is 19.9 Å². The van der Waals surface area contributed by atoms with Crippen molar-refractivity contribution in [3.05, 3.63) is 70.8 Å². The van der Waals surface area contributed by atoms with Gasteiger partial charge in [-0.25, -0.2) is 9.97 Å². The van der Waals surface area contributed by atoms with Gasteiger partial charge >= 0.3 is 0 Å². The molecular formula is C22H18N4Pd. The number of H-pyrrole nitrogens is 2. The van der Waals surface area contributed by atoms with Crippen molar-refractivity contribution in [1.29, 1.82) is 0 Å². The zero-order chi connectivity index (χ0) is 17.5. The number of fused-ring (bicyclic) bond motifs is 8. The quantitative estimate of drug-likeness (QED) is 0.348. The molecule has 5 heteroatoms. The van der Waals surface area contributed by atoms with Gasteiger partial charge in [-0.2, -0.15) is 0 Å². The summed E-state index contributed by atoms with van der Waals surface area (Å²) in [5.74, 6) is 0. The Morgan fingerprint density at radius 3 is 1.74 bits per heavy atom. The van der Waals surface area contributed by atoms with Crippen molar-refractivity contribution in [2.75, 3.05) is 0 Å². The van der Waals surface area contributed by atoms with Crippen molar-refractivity contribution in [3.63, 3.8) is 0 Å². The minimum absolute atomic E-state index is 0. The normalized spacial score (nSPS) is 12.2. The van der Waals surface area contributed by atoms with Crippen molar-refractivity contribution in [2.45, 2.75) is 13.3 Å². The molecule has 3 aromatic rings. The van der Waals surface area contributed by atoms with Crippen molar-refractivity contribution in [3.8, 4) is 0 Å². The van der Waals surface area contributed by atoms with E-state index < -0.39 is 0 Å². The maximum Gasteiger partial charge on any atom is 0.0658 e. The van der Waals surface area contributed by atoms with Crippen LogP contribution in [0, 0.1) is 0 Å². The first kappa shape index (κ1) is 17.7. The van der Waals surface area contributed by atoms with Crippen LogP contribution in [-0.4, -0.2) is 19.9 Å². The summed E-state index contributed by atoms with van der Waals surface area (Å²) in [5.41, 5.74) is 9.30. The predicted octanol–water partition coefficient (Wildman–Crippen LogP) is 5.22. The average Bonchev–Trinajstić information content (AvgIpc) is 3.39. The van der Waals surface area contributed by atoms with E-state index in [1.165, 1.54) is 5.56 Å². The van der Waals surface area contributed by atoms with Gasteiger partial charge < -0.3 is 9.97 Å². The largest absolute Gasteiger partial charge is 0.355 e. The molecule has 0 fully saturated rings. The Balaban J connectivity index is 0.00000180. The molecular weight excluding hydrogens is 427 g/mol. The summed E-state index contributed by atoms with van der Waals surface area (Å²) in [5, 5.41) is 0. The molecule has 3 aromatic heterocycles. The number of aromatic amines is 2. The van der Waals surface area contributed by atoms with Gasteiger partial charge in [-0.15, -0.1) is 0 Å². The van der Waals surface area contributed by atoms with Crippen LogP contribution in [0.3, 0.4) is 0 Å². The molecule has 0 radical (unpaired) electrons. The van der Waals surface area contributed by atoms with E-state index in [1.54, 1.807) is 0 Å². The summed E-state index contributed by atoms with van der Waals surface area (Å²) in [6, 6.07) is 14.6. The van der Waals surface area contributed by atoms with Gasteiger partial charge in [0.1, 0.15) is 0 Å². The number of nitrogens with one attached hydrogen (secondary N) is 2. The minimum Gasteiger partial charge on any atom is -0.355 e. The number of nitrogens with zero attached hydrogens (tertiary/aromatic N) is 2. The first-order chi connectivity index (χ1) is 12.7. The second-order valence-corrected chi connectivity index (χ2v) is 6.55. The number of hydrogen-bond donors (Lipinski definition) is 2. The molecule has 0 saturated heterocycles. The molecule has 5 rings (SSSR count). The first-order valence-corrected chi connectivity index (χ1v) is 8.82. The van der Waals surface area contributed by atoms with Gasteiger partial charge in [0.05, 0.1) is 22.8 Å². The fourth-order valence-corrected chi connectivity index (χ4v) is 3.37. The Labute approximate surface area is 170 Å². The Morgan fingerprint density at radius 1 is 0.667 bits per heavy atom. The molecule has 2 N–H and O–H groups in total. The van der Waals surface area contributed by atoms with Gasteiger partial charge in [-0.3, -0.25) is 0 Å². The SMILES string of the molecule is CCc1cc2cc3nc(cc4ccc(cc5nc(cc1[nH]2)C=C5)[nH]4)C=C3.[Pd]. The summed E-state index contributed by atoms with van der Waals surface area (Å²) in [6.07, 6.45) is 9.14. The molecule has 0 atom stereocenters. The standard InChI is InChI=1S/C22H18N4.Pd/c1-2-14-9-21-12-19-6-5-17(24-19)10-15-3-4-16(23-15)11-18-7-8-20(25-18)13-22(14)26-21;/h3-13,23,26H,2H2,1H3;. The number of rotatable bonds is 1. The van der Waals surface area contributed by atoms with Crippen LogP contribution in [0.2, 0.25) is 0 Å². The van der Waals surface area contributed by atoms with Crippen LogP contribution >= 0.6 is 0 Å². The van der Waals surface area contributed by atoms with Crippen LogP contribution in [0.5, 0.6) is 0 Å². The molecule has 0 unspecified atom stereocenters. The second-order valence-electron chi connectivity index (χ2n) is 6.55. The molecule has 0 saturated carbocycles. The number of aryl methyl sites for hydroxylation is 1. The maximum absolute atomic E-state index is 4.71. The zero-order valence-electron chi connectivity index (χ0n) is 14.8. The molecule has 8 bridgehead atoms. The van der Waals surface area contributed by atoms with E-state index in [4.69, 9.17) is 9.97 Å². The molecule has 0 aromatic carbocycles. The summed E-state index contributed by atoms with van der Waals surface area (Å²) in [6.45, 7) is 2.17. The Hall–Kier alpha value is -2.74. The van der Waals surface area contributed by atoms with Gasteiger partial charge in [0, 0.05) is 42.5 Å². The van der Waals surface area contributed by atoms with E-state index in [2.05, 4.69) is 59.4 Å². The molecule has 4 nitrogen and oxygen atoms in total. The van der Waals surface area contributed by atoms with E-state index >= 15 is 0 Å². The number of hydrogen-bond acceptors (Lipinski definition) is 2. The molecule has 0 amide bonds. The van der Waals surface area contributed by atoms with Crippen LogP contribution in [-0.2, 0) is 26.8 Å². The van der Waals surface area contributed by atoms with Crippen molar-refractivity contribution < 1.29 is 20.4 Å². The topological polar surface area (TPSA) is 57.4 Å². The zero-order valence-corrected chi connectivity index (χ0v) is 16.3. The van der Waals surface area contributed by atoms with Gasteiger partial charge in [-0.1, -0.05) is 6.92 Å². The molecule has 2 aliphatic heterocycles. The first-order valence-electron chi connectivity index (χ1n) is 8.82. The van der Waals surface area contributed by atoms with Gasteiger partial charge in [-0.05, 0) is 78.8 Å². The Kier molecular flexibility index (Phi) is 4.65. The summed E-state index contributed by atoms with van der Waals surface area (Å²) in [7, 11) is 0. The van der Waals surface area contributed by atoms with Crippen LogP contribution in [0.15, 0.2) is 42.5 Å². The molecule has 27 heavy (non-hydrogen) atoms. The predicted molar refractivity (Wildman–Crippen MR) is 108 cm³/mol. The molecule has 0 aliphatic carbocycles. The monoisotopic (exact) mass is 444 g/mol. The van der Waals surface area contributed by atoms with E-state index in [0.717, 1.165) is 51.3 Å². The second kappa shape index (κ2) is 7.11. The molecule has 5 heterocycles. The minimum atomic E-state index is 0. The van der Waals surface area contributed by atoms with Gasteiger partial charge in [0.2, 0.25) is 0 Å². The molecule has 2 aliphatic rings. The van der Waals surface area contributed by atoms with E-state index in [-0.39, 0.29) is 20.4 Å². The Bertz CT molecular complexity index is 1230.